The van der Waals surface area contributed by atoms with E-state index in [2.05, 4.69) is 0 Å². The summed E-state index contributed by atoms with van der Waals surface area (Å²) >= 11 is 0. The largest absolute Gasteiger partial charge is 0.493 e. The summed E-state index contributed by atoms with van der Waals surface area (Å²) in [5, 5.41) is 0. The van der Waals surface area contributed by atoms with E-state index < -0.39 is 0 Å². The van der Waals surface area contributed by atoms with E-state index in [-0.39, 0.29) is 12.2 Å². The zero-order chi connectivity index (χ0) is 9.97. The predicted molar refractivity (Wildman–Crippen MR) is 52.8 cm³/mol. The quantitative estimate of drug-likeness (QED) is 0.685. The molecule has 14 heavy (non-hydrogen) atoms. The lowest BCUT2D eigenvalue weighted by Crippen LogP contribution is -2.18. The fraction of sp³-hybridized carbons (Fsp3) is 0.455. The van der Waals surface area contributed by atoms with Crippen LogP contribution in [0.15, 0.2) is 24.3 Å². The van der Waals surface area contributed by atoms with Crippen LogP contribution in [0.4, 0.5) is 0 Å². The van der Waals surface area contributed by atoms with Gasteiger partial charge < -0.3 is 14.2 Å². The summed E-state index contributed by atoms with van der Waals surface area (Å²) in [6.07, 6.45) is 0.339. The molecule has 3 heteroatoms. The number of rotatable bonds is 4. The molecular weight excluding hydrogens is 180 g/mol. The van der Waals surface area contributed by atoms with Gasteiger partial charge in [0.1, 0.15) is 12.2 Å². The van der Waals surface area contributed by atoms with Crippen LogP contribution in [0.25, 0.3) is 0 Å². The highest BCUT2D eigenvalue weighted by atomic mass is 16.6. The molecule has 0 aliphatic carbocycles. The maximum Gasteiger partial charge on any atom is 0.161 e. The third-order valence-corrected chi connectivity index (χ3v) is 2.26. The first-order valence-corrected chi connectivity index (χ1v) is 4.72. The van der Waals surface area contributed by atoms with E-state index in [0.717, 1.165) is 18.1 Å². The van der Waals surface area contributed by atoms with E-state index >= 15 is 0 Å². The number of benzene rings is 1. The third-order valence-electron chi connectivity index (χ3n) is 2.26. The summed E-state index contributed by atoms with van der Waals surface area (Å²) in [6.45, 7) is 2.81. The Kier molecular flexibility index (Phi) is 2.59. The highest BCUT2D eigenvalue weighted by Crippen LogP contribution is 2.29. The van der Waals surface area contributed by atoms with Crippen LogP contribution in [0.3, 0.4) is 0 Å². The smallest absolute Gasteiger partial charge is 0.161 e. The molecule has 0 bridgehead atoms. The number of methoxy groups -OCH3 is 1. The lowest BCUT2D eigenvalue weighted by atomic mass is 10.3. The van der Waals surface area contributed by atoms with E-state index in [0.29, 0.717) is 0 Å². The van der Waals surface area contributed by atoms with Gasteiger partial charge in [-0.2, -0.15) is 0 Å². The molecule has 2 rings (SSSR count). The van der Waals surface area contributed by atoms with Crippen LogP contribution in [0.1, 0.15) is 6.92 Å². The van der Waals surface area contributed by atoms with E-state index in [1.165, 1.54) is 0 Å². The van der Waals surface area contributed by atoms with E-state index in [1.807, 2.05) is 31.2 Å². The van der Waals surface area contributed by atoms with Crippen molar-refractivity contribution >= 4 is 0 Å². The molecule has 0 saturated carbocycles. The summed E-state index contributed by atoms with van der Waals surface area (Å²) in [4.78, 5) is 0. The van der Waals surface area contributed by atoms with Crippen LogP contribution in [0, 0.1) is 0 Å². The van der Waals surface area contributed by atoms with Crippen LogP contribution in [-0.2, 0) is 4.74 Å². The minimum Gasteiger partial charge on any atom is -0.493 e. The number of ether oxygens (including phenoxy) is 3. The fourth-order valence-corrected chi connectivity index (χ4v) is 1.32. The average molecular weight is 194 g/mol. The lowest BCUT2D eigenvalue weighted by Gasteiger charge is -2.14. The summed E-state index contributed by atoms with van der Waals surface area (Å²) < 4.78 is 16.0. The molecular formula is C11H14O3. The van der Waals surface area contributed by atoms with Gasteiger partial charge in [-0.25, -0.2) is 0 Å². The molecule has 1 aromatic carbocycles. The molecule has 1 aromatic rings. The molecule has 1 heterocycles. The molecule has 0 amide bonds. The predicted octanol–water partition coefficient (Wildman–Crippen LogP) is 1.86. The molecule has 3 nitrogen and oxygen atoms in total. The van der Waals surface area contributed by atoms with Crippen molar-refractivity contribution in [2.24, 2.45) is 0 Å². The maximum absolute atomic E-state index is 5.71. The van der Waals surface area contributed by atoms with Gasteiger partial charge in [-0.15, -0.1) is 0 Å². The third kappa shape index (κ3) is 1.99. The van der Waals surface area contributed by atoms with Crippen molar-refractivity contribution < 1.29 is 14.2 Å². The Bertz CT molecular complexity index is 307. The second kappa shape index (κ2) is 3.88. The Labute approximate surface area is 83.6 Å². The Morgan fingerprint density at radius 1 is 1.36 bits per heavy atom. The van der Waals surface area contributed by atoms with Crippen LogP contribution < -0.4 is 9.47 Å². The number of epoxide rings is 1. The lowest BCUT2D eigenvalue weighted by molar-refractivity contribution is 0.170. The van der Waals surface area contributed by atoms with Crippen molar-refractivity contribution in [1.29, 1.82) is 0 Å². The van der Waals surface area contributed by atoms with Gasteiger partial charge in [-0.3, -0.25) is 0 Å². The summed E-state index contributed by atoms with van der Waals surface area (Å²) in [6, 6.07) is 7.63. The van der Waals surface area contributed by atoms with E-state index in [9.17, 15) is 0 Å². The molecule has 1 saturated heterocycles. The van der Waals surface area contributed by atoms with Crippen LogP contribution >= 0.6 is 0 Å². The zero-order valence-corrected chi connectivity index (χ0v) is 8.40. The average Bonchev–Trinajstić information content (AvgIpc) is 3.02. The van der Waals surface area contributed by atoms with Gasteiger partial charge in [0.25, 0.3) is 0 Å². The molecule has 2 atom stereocenters. The van der Waals surface area contributed by atoms with Crippen molar-refractivity contribution in [1.82, 2.24) is 0 Å². The summed E-state index contributed by atoms with van der Waals surface area (Å²) in [5.41, 5.74) is 0. The Morgan fingerprint density at radius 3 is 2.57 bits per heavy atom. The van der Waals surface area contributed by atoms with Crippen molar-refractivity contribution in [2.45, 2.75) is 19.1 Å². The fourth-order valence-electron chi connectivity index (χ4n) is 1.32. The second-order valence-electron chi connectivity index (χ2n) is 3.35. The Hall–Kier alpha value is -1.22. The normalized spacial score (nSPS) is 21.4. The number of hydrogen-bond acceptors (Lipinski definition) is 3. The van der Waals surface area contributed by atoms with Crippen LogP contribution in [0.5, 0.6) is 11.5 Å². The van der Waals surface area contributed by atoms with Gasteiger partial charge in [-0.05, 0) is 19.1 Å². The molecule has 76 valence electrons. The zero-order valence-electron chi connectivity index (χ0n) is 8.40. The van der Waals surface area contributed by atoms with Crippen molar-refractivity contribution in [3.05, 3.63) is 24.3 Å². The summed E-state index contributed by atoms with van der Waals surface area (Å²) in [7, 11) is 1.64. The first-order chi connectivity index (χ1) is 6.81. The topological polar surface area (TPSA) is 31.0 Å². The number of hydrogen-bond donors (Lipinski definition) is 0. The maximum atomic E-state index is 5.71. The molecule has 1 aliphatic rings. The first kappa shape index (κ1) is 9.34. The molecule has 0 spiro atoms. The summed E-state index contributed by atoms with van der Waals surface area (Å²) in [5.74, 6) is 1.54. The standard InChI is InChI=1S/C11H14O3/c1-8(11-7-13-11)14-10-6-4-3-5-9(10)12-2/h3-6,8,11H,7H2,1-2H3/t8-,11-/m1/s1. The van der Waals surface area contributed by atoms with Gasteiger partial charge in [0.15, 0.2) is 11.5 Å². The Morgan fingerprint density at radius 2 is 2.00 bits per heavy atom. The molecule has 0 aromatic heterocycles. The molecule has 1 aliphatic heterocycles. The Balaban J connectivity index is 2.06. The minimum absolute atomic E-state index is 0.0892. The van der Waals surface area contributed by atoms with E-state index in [4.69, 9.17) is 14.2 Å². The molecule has 1 fully saturated rings. The van der Waals surface area contributed by atoms with Gasteiger partial charge in [0.05, 0.1) is 13.7 Å². The van der Waals surface area contributed by atoms with Gasteiger partial charge in [0.2, 0.25) is 0 Å². The monoisotopic (exact) mass is 194 g/mol. The minimum atomic E-state index is 0.0892. The van der Waals surface area contributed by atoms with Crippen LogP contribution in [-0.4, -0.2) is 25.9 Å². The highest BCUT2D eigenvalue weighted by Gasteiger charge is 2.31. The van der Waals surface area contributed by atoms with Gasteiger partial charge >= 0.3 is 0 Å². The molecule has 0 unspecified atom stereocenters. The van der Waals surface area contributed by atoms with Crippen molar-refractivity contribution in [2.75, 3.05) is 13.7 Å². The van der Waals surface area contributed by atoms with Crippen LogP contribution in [0.2, 0.25) is 0 Å². The van der Waals surface area contributed by atoms with E-state index in [1.54, 1.807) is 7.11 Å². The first-order valence-electron chi connectivity index (χ1n) is 4.72. The van der Waals surface area contributed by atoms with Gasteiger partial charge in [0, 0.05) is 0 Å². The van der Waals surface area contributed by atoms with Gasteiger partial charge in [-0.1, -0.05) is 12.1 Å². The van der Waals surface area contributed by atoms with Crippen molar-refractivity contribution in [3.8, 4) is 11.5 Å². The highest BCUT2D eigenvalue weighted by molar-refractivity contribution is 5.39. The molecule has 0 radical (unpaired) electrons. The SMILES string of the molecule is COc1ccccc1O[C@H](C)[C@H]1CO1. The molecule has 0 N–H and O–H groups in total. The number of para-hydroxylation sites is 2. The second-order valence-corrected chi connectivity index (χ2v) is 3.35. The van der Waals surface area contributed by atoms with Crippen molar-refractivity contribution in [3.63, 3.8) is 0 Å².